The molecular weight excluding hydrogens is 180 g/mol. The Morgan fingerprint density at radius 3 is 2.77 bits per heavy atom. The summed E-state index contributed by atoms with van der Waals surface area (Å²) in [4.78, 5) is 11.0. The lowest BCUT2D eigenvalue weighted by Crippen LogP contribution is -2.14. The summed E-state index contributed by atoms with van der Waals surface area (Å²) in [7, 11) is 1.36. The summed E-state index contributed by atoms with van der Waals surface area (Å²) in [5.41, 5.74) is 4.76. The Labute approximate surface area is 73.3 Å². The number of nitrogens with two attached hydrogens (primary N) is 1. The largest absolute Gasteiger partial charge is 0.324 e. The fraction of sp³-hybridized carbons (Fsp3) is 0.429. The first-order valence-electron chi connectivity index (χ1n) is 3.61. The van der Waals surface area contributed by atoms with Crippen LogP contribution in [0, 0.1) is 0 Å². The Kier molecular flexibility index (Phi) is 2.72. The molecule has 1 rings (SSSR count). The number of ketones is 1. The first-order valence-corrected chi connectivity index (χ1v) is 3.61. The van der Waals surface area contributed by atoms with Gasteiger partial charge in [0.15, 0.2) is 5.78 Å². The van der Waals surface area contributed by atoms with E-state index in [1.807, 2.05) is 0 Å². The van der Waals surface area contributed by atoms with Gasteiger partial charge >= 0.3 is 0 Å². The summed E-state index contributed by atoms with van der Waals surface area (Å²) >= 11 is 0. The molecular formula is C7H9F2N3O. The Hall–Kier alpha value is -1.30. The van der Waals surface area contributed by atoms with Crippen molar-refractivity contribution in [1.82, 2.24) is 9.78 Å². The number of rotatable bonds is 3. The number of alkyl halides is 2. The number of aryl methyl sites for hydroxylation is 1. The van der Waals surface area contributed by atoms with E-state index in [0.717, 1.165) is 10.7 Å². The van der Waals surface area contributed by atoms with Crippen molar-refractivity contribution in [1.29, 1.82) is 0 Å². The Balaban J connectivity index is 3.02. The average Bonchev–Trinajstić information content (AvgIpc) is 2.46. The molecule has 4 nitrogen and oxygen atoms in total. The van der Waals surface area contributed by atoms with Crippen LogP contribution in [0.4, 0.5) is 8.78 Å². The van der Waals surface area contributed by atoms with Crippen molar-refractivity contribution >= 4 is 5.78 Å². The molecule has 0 aliphatic carbocycles. The van der Waals surface area contributed by atoms with Crippen molar-refractivity contribution < 1.29 is 13.6 Å². The van der Waals surface area contributed by atoms with E-state index in [0.29, 0.717) is 0 Å². The highest BCUT2D eigenvalue weighted by molar-refractivity contribution is 5.95. The highest BCUT2D eigenvalue weighted by Gasteiger charge is 2.17. The molecule has 0 bridgehead atoms. The molecule has 0 aliphatic rings. The van der Waals surface area contributed by atoms with Crippen molar-refractivity contribution in [3.8, 4) is 0 Å². The SMILES string of the molecule is Cn1nc(C(=O)CN)cc1C(F)F. The average molecular weight is 189 g/mol. The van der Waals surface area contributed by atoms with Gasteiger partial charge in [0.05, 0.1) is 6.54 Å². The van der Waals surface area contributed by atoms with Crippen LogP contribution in [-0.2, 0) is 7.05 Å². The molecule has 2 N–H and O–H groups in total. The summed E-state index contributed by atoms with van der Waals surface area (Å²) in [6, 6.07) is 1.06. The summed E-state index contributed by atoms with van der Waals surface area (Å²) in [5, 5.41) is 3.61. The smallest absolute Gasteiger partial charge is 0.280 e. The highest BCUT2D eigenvalue weighted by atomic mass is 19.3. The topological polar surface area (TPSA) is 60.9 Å². The predicted molar refractivity (Wildman–Crippen MR) is 41.5 cm³/mol. The van der Waals surface area contributed by atoms with Gasteiger partial charge in [0.25, 0.3) is 6.43 Å². The molecule has 0 spiro atoms. The molecule has 0 unspecified atom stereocenters. The first-order chi connectivity index (χ1) is 6.06. The number of Topliss-reactive ketones (excluding diaryl/α,β-unsaturated/α-hetero) is 1. The molecule has 0 saturated carbocycles. The van der Waals surface area contributed by atoms with Gasteiger partial charge < -0.3 is 5.73 Å². The van der Waals surface area contributed by atoms with Crippen LogP contribution in [-0.4, -0.2) is 22.1 Å². The molecule has 13 heavy (non-hydrogen) atoms. The zero-order valence-corrected chi connectivity index (χ0v) is 7.00. The van der Waals surface area contributed by atoms with Crippen LogP contribution < -0.4 is 5.73 Å². The van der Waals surface area contributed by atoms with Crippen molar-refractivity contribution in [3.05, 3.63) is 17.5 Å². The maximum absolute atomic E-state index is 12.2. The Morgan fingerprint density at radius 2 is 2.38 bits per heavy atom. The van der Waals surface area contributed by atoms with Crippen molar-refractivity contribution in [2.75, 3.05) is 6.54 Å². The van der Waals surface area contributed by atoms with Crippen molar-refractivity contribution in [2.45, 2.75) is 6.43 Å². The van der Waals surface area contributed by atoms with Gasteiger partial charge in [-0.3, -0.25) is 9.48 Å². The second-order valence-corrected chi connectivity index (χ2v) is 2.51. The summed E-state index contributed by atoms with van der Waals surface area (Å²) in [6.07, 6.45) is -2.63. The van der Waals surface area contributed by atoms with Crippen LogP contribution in [0.2, 0.25) is 0 Å². The lowest BCUT2D eigenvalue weighted by Gasteiger charge is -1.96. The Morgan fingerprint density at radius 1 is 1.77 bits per heavy atom. The van der Waals surface area contributed by atoms with E-state index in [2.05, 4.69) is 5.10 Å². The molecule has 0 aliphatic heterocycles. The van der Waals surface area contributed by atoms with Crippen LogP contribution in [0.3, 0.4) is 0 Å². The zero-order valence-electron chi connectivity index (χ0n) is 7.00. The normalized spacial score (nSPS) is 10.8. The minimum Gasteiger partial charge on any atom is -0.324 e. The van der Waals surface area contributed by atoms with Gasteiger partial charge in [0, 0.05) is 7.05 Å². The zero-order chi connectivity index (χ0) is 10.0. The van der Waals surface area contributed by atoms with Gasteiger partial charge in [-0.2, -0.15) is 5.10 Å². The number of nitrogens with zero attached hydrogens (tertiary/aromatic N) is 2. The fourth-order valence-corrected chi connectivity index (χ4v) is 0.927. The number of hydrogen-bond donors (Lipinski definition) is 1. The number of carbonyl (C=O) groups excluding carboxylic acids is 1. The molecule has 0 fully saturated rings. The minimum atomic E-state index is -2.63. The quantitative estimate of drug-likeness (QED) is 0.704. The third-order valence-electron chi connectivity index (χ3n) is 1.61. The van der Waals surface area contributed by atoms with E-state index in [1.165, 1.54) is 7.05 Å². The first kappa shape index (κ1) is 9.79. The third-order valence-corrected chi connectivity index (χ3v) is 1.61. The van der Waals surface area contributed by atoms with Gasteiger partial charge in [-0.05, 0) is 6.07 Å². The second-order valence-electron chi connectivity index (χ2n) is 2.51. The van der Waals surface area contributed by atoms with E-state index in [4.69, 9.17) is 5.73 Å². The summed E-state index contributed by atoms with van der Waals surface area (Å²) < 4.78 is 25.4. The molecule has 1 aromatic heterocycles. The van der Waals surface area contributed by atoms with Crippen LogP contribution >= 0.6 is 0 Å². The van der Waals surface area contributed by atoms with E-state index >= 15 is 0 Å². The maximum Gasteiger partial charge on any atom is 0.280 e. The molecule has 1 heterocycles. The molecule has 0 saturated heterocycles. The summed E-state index contributed by atoms with van der Waals surface area (Å²) in [5.74, 6) is -0.442. The molecule has 0 atom stereocenters. The van der Waals surface area contributed by atoms with Crippen molar-refractivity contribution in [2.24, 2.45) is 12.8 Å². The highest BCUT2D eigenvalue weighted by Crippen LogP contribution is 2.18. The maximum atomic E-state index is 12.2. The van der Waals surface area contributed by atoms with Crippen LogP contribution in [0.15, 0.2) is 6.07 Å². The van der Waals surface area contributed by atoms with Gasteiger partial charge in [-0.25, -0.2) is 8.78 Å². The van der Waals surface area contributed by atoms with Crippen LogP contribution in [0.25, 0.3) is 0 Å². The number of halogens is 2. The van der Waals surface area contributed by atoms with Gasteiger partial charge in [0.2, 0.25) is 0 Å². The minimum absolute atomic E-state index is 0.0136. The van der Waals surface area contributed by atoms with E-state index in [9.17, 15) is 13.6 Å². The number of hydrogen-bond acceptors (Lipinski definition) is 3. The molecule has 6 heteroatoms. The van der Waals surface area contributed by atoms with Gasteiger partial charge in [-0.15, -0.1) is 0 Å². The van der Waals surface area contributed by atoms with E-state index in [1.54, 1.807) is 0 Å². The third kappa shape index (κ3) is 1.89. The lowest BCUT2D eigenvalue weighted by molar-refractivity contribution is 0.0996. The van der Waals surface area contributed by atoms with E-state index in [-0.39, 0.29) is 17.9 Å². The molecule has 0 aromatic carbocycles. The number of aromatic nitrogens is 2. The monoisotopic (exact) mass is 189 g/mol. The van der Waals surface area contributed by atoms with Gasteiger partial charge in [-0.1, -0.05) is 0 Å². The van der Waals surface area contributed by atoms with Crippen LogP contribution in [0.1, 0.15) is 22.6 Å². The number of carbonyl (C=O) groups is 1. The molecule has 0 radical (unpaired) electrons. The fourth-order valence-electron chi connectivity index (χ4n) is 0.927. The Bertz CT molecular complexity index is 322. The van der Waals surface area contributed by atoms with Crippen LogP contribution in [0.5, 0.6) is 0 Å². The molecule has 72 valence electrons. The van der Waals surface area contributed by atoms with E-state index < -0.39 is 12.2 Å². The predicted octanol–water partition coefficient (Wildman–Crippen LogP) is 0.499. The molecule has 1 aromatic rings. The standard InChI is InChI=1S/C7H9F2N3O/c1-12-5(7(8)9)2-4(11-12)6(13)3-10/h2,7H,3,10H2,1H3. The summed E-state index contributed by atoms with van der Waals surface area (Å²) in [6.45, 7) is -0.223. The van der Waals surface area contributed by atoms with Crippen molar-refractivity contribution in [3.63, 3.8) is 0 Å². The van der Waals surface area contributed by atoms with Gasteiger partial charge in [0.1, 0.15) is 11.4 Å². The second kappa shape index (κ2) is 3.61. The molecule has 0 amide bonds. The lowest BCUT2D eigenvalue weighted by atomic mass is 10.2.